The monoisotopic (exact) mass is 318 g/mol. The Kier molecular flexibility index (Phi) is 3.94. The number of benzene rings is 2. The van der Waals surface area contributed by atoms with Crippen LogP contribution in [0.1, 0.15) is 21.5 Å². The molecule has 0 atom stereocenters. The number of hydrogen-bond donors (Lipinski definition) is 1. The molecule has 0 aliphatic heterocycles. The van der Waals surface area contributed by atoms with Gasteiger partial charge in [-0.05, 0) is 43.7 Å². The molecule has 2 aromatic carbocycles. The molecular formula is C19H14N2O3. The van der Waals surface area contributed by atoms with Crippen LogP contribution in [0.3, 0.4) is 0 Å². The number of carboxylic acids is 1. The summed E-state index contributed by atoms with van der Waals surface area (Å²) in [5, 5.41) is 10.2. The Labute approximate surface area is 138 Å². The first-order chi connectivity index (χ1) is 11.5. The average molecular weight is 318 g/mol. The number of hydrogen-bond acceptors (Lipinski definition) is 4. The van der Waals surface area contributed by atoms with Gasteiger partial charge < -0.3 is 5.11 Å². The van der Waals surface area contributed by atoms with Crippen molar-refractivity contribution >= 4 is 28.6 Å². The molecule has 3 aromatic rings. The molecular weight excluding hydrogens is 304 g/mol. The molecule has 0 spiro atoms. The average Bonchev–Trinajstić information content (AvgIpc) is 2.55. The maximum absolute atomic E-state index is 11.7. The fourth-order valence-electron chi connectivity index (χ4n) is 2.77. The van der Waals surface area contributed by atoms with Gasteiger partial charge in [0.1, 0.15) is 0 Å². The maximum Gasteiger partial charge on any atom is 0.336 e. The number of isocyanates is 1. The zero-order valence-electron chi connectivity index (χ0n) is 13.2. The van der Waals surface area contributed by atoms with Gasteiger partial charge in [0.05, 0.1) is 22.5 Å². The summed E-state index contributed by atoms with van der Waals surface area (Å²) in [6.45, 7) is 3.85. The predicted octanol–water partition coefficient (Wildman–Crippen LogP) is 4.18. The van der Waals surface area contributed by atoms with Crippen molar-refractivity contribution in [3.63, 3.8) is 0 Å². The number of carbonyl (C=O) groups excluding carboxylic acids is 1. The molecule has 0 saturated heterocycles. The van der Waals surface area contributed by atoms with Gasteiger partial charge in [0.25, 0.3) is 0 Å². The fraction of sp³-hybridized carbons (Fsp3) is 0.105. The van der Waals surface area contributed by atoms with Crippen molar-refractivity contribution in [2.45, 2.75) is 13.8 Å². The number of aromatic carboxylic acids is 1. The third-order valence-electron chi connectivity index (χ3n) is 3.82. The second-order valence-corrected chi connectivity index (χ2v) is 5.59. The Balaban J connectivity index is 2.25. The molecule has 0 amide bonds. The number of nitrogens with zero attached hydrogens (tertiary/aromatic N) is 2. The number of aryl methyl sites for hydroxylation is 2. The molecule has 0 bridgehead atoms. The zero-order valence-corrected chi connectivity index (χ0v) is 13.2. The van der Waals surface area contributed by atoms with Gasteiger partial charge in [-0.3, -0.25) is 0 Å². The number of aliphatic imine (C=N–C) groups is 1. The number of fused-ring (bicyclic) bond motifs is 1. The van der Waals surface area contributed by atoms with E-state index < -0.39 is 5.97 Å². The van der Waals surface area contributed by atoms with Crippen molar-refractivity contribution in [2.24, 2.45) is 4.99 Å². The minimum Gasteiger partial charge on any atom is -0.478 e. The van der Waals surface area contributed by atoms with Gasteiger partial charge in [-0.25, -0.2) is 14.6 Å². The van der Waals surface area contributed by atoms with Crippen LogP contribution >= 0.6 is 0 Å². The van der Waals surface area contributed by atoms with E-state index in [9.17, 15) is 14.7 Å². The molecule has 24 heavy (non-hydrogen) atoms. The highest BCUT2D eigenvalue weighted by Crippen LogP contribution is 2.28. The molecule has 118 valence electrons. The van der Waals surface area contributed by atoms with Crippen LogP contribution in [0.25, 0.3) is 22.2 Å². The minimum absolute atomic E-state index is 0.219. The third kappa shape index (κ3) is 2.81. The van der Waals surface area contributed by atoms with Crippen LogP contribution in [-0.2, 0) is 4.79 Å². The fourth-order valence-corrected chi connectivity index (χ4v) is 2.77. The lowest BCUT2D eigenvalue weighted by Crippen LogP contribution is -2.01. The number of aromatic nitrogens is 1. The van der Waals surface area contributed by atoms with Crippen molar-refractivity contribution in [1.82, 2.24) is 4.98 Å². The molecule has 0 aliphatic rings. The lowest BCUT2D eigenvalue weighted by Gasteiger charge is -2.10. The summed E-state index contributed by atoms with van der Waals surface area (Å²) in [7, 11) is 0. The van der Waals surface area contributed by atoms with Gasteiger partial charge in [-0.2, -0.15) is 4.99 Å². The van der Waals surface area contributed by atoms with Crippen molar-refractivity contribution < 1.29 is 14.7 Å². The second-order valence-electron chi connectivity index (χ2n) is 5.59. The molecule has 1 aromatic heterocycles. The molecule has 0 fully saturated rings. The molecule has 1 heterocycles. The van der Waals surface area contributed by atoms with Gasteiger partial charge in [0, 0.05) is 10.9 Å². The SMILES string of the molecule is Cc1cc(C)c2nc(-c3ccc(N=C=O)cc3)cc(C(=O)O)c2c1. The van der Waals surface area contributed by atoms with Crippen LogP contribution in [-0.4, -0.2) is 22.1 Å². The third-order valence-corrected chi connectivity index (χ3v) is 3.82. The van der Waals surface area contributed by atoms with E-state index in [1.807, 2.05) is 26.0 Å². The quantitative estimate of drug-likeness (QED) is 0.580. The minimum atomic E-state index is -0.990. The number of pyridine rings is 1. The molecule has 0 unspecified atom stereocenters. The zero-order chi connectivity index (χ0) is 17.3. The normalized spacial score (nSPS) is 10.4. The van der Waals surface area contributed by atoms with Gasteiger partial charge in [0.15, 0.2) is 0 Å². The van der Waals surface area contributed by atoms with Gasteiger partial charge >= 0.3 is 5.97 Å². The maximum atomic E-state index is 11.7. The Hall–Kier alpha value is -3.30. The lowest BCUT2D eigenvalue weighted by atomic mass is 10.00. The van der Waals surface area contributed by atoms with Crippen LogP contribution in [0.4, 0.5) is 5.69 Å². The Bertz CT molecular complexity index is 1000. The van der Waals surface area contributed by atoms with Crippen LogP contribution in [0.15, 0.2) is 47.5 Å². The summed E-state index contributed by atoms with van der Waals surface area (Å²) in [5.74, 6) is -0.990. The van der Waals surface area contributed by atoms with Crippen molar-refractivity contribution in [3.05, 3.63) is 59.2 Å². The van der Waals surface area contributed by atoms with E-state index in [1.165, 1.54) is 6.08 Å². The van der Waals surface area contributed by atoms with Crippen molar-refractivity contribution in [2.75, 3.05) is 0 Å². The highest BCUT2D eigenvalue weighted by atomic mass is 16.4. The summed E-state index contributed by atoms with van der Waals surface area (Å²) in [5.41, 5.74) is 4.62. The lowest BCUT2D eigenvalue weighted by molar-refractivity contribution is 0.0699. The van der Waals surface area contributed by atoms with Crippen LogP contribution in [0.5, 0.6) is 0 Å². The van der Waals surface area contributed by atoms with E-state index in [2.05, 4.69) is 9.98 Å². The Morgan fingerprint density at radius 3 is 2.46 bits per heavy atom. The molecule has 5 heteroatoms. The summed E-state index contributed by atoms with van der Waals surface area (Å²) in [4.78, 5) is 30.1. The molecule has 0 radical (unpaired) electrons. The first-order valence-corrected chi connectivity index (χ1v) is 7.33. The highest BCUT2D eigenvalue weighted by Gasteiger charge is 2.14. The van der Waals surface area contributed by atoms with E-state index in [-0.39, 0.29) is 5.56 Å². The second kappa shape index (κ2) is 6.07. The number of rotatable bonds is 3. The standard InChI is InChI=1S/C19H14N2O3/c1-11-7-12(2)18-15(8-11)16(19(23)24)9-17(21-18)13-3-5-14(6-4-13)20-10-22/h3-9H,1-2H3,(H,23,24). The Morgan fingerprint density at radius 2 is 1.83 bits per heavy atom. The molecule has 1 N–H and O–H groups in total. The van der Waals surface area contributed by atoms with E-state index in [1.54, 1.807) is 30.3 Å². The number of carboxylic acid groups (broad SMARTS) is 1. The van der Waals surface area contributed by atoms with Crippen LogP contribution in [0, 0.1) is 13.8 Å². The summed E-state index contributed by atoms with van der Waals surface area (Å²) in [6, 6.07) is 12.2. The smallest absolute Gasteiger partial charge is 0.336 e. The largest absolute Gasteiger partial charge is 0.478 e. The van der Waals surface area contributed by atoms with E-state index in [4.69, 9.17) is 0 Å². The molecule has 3 rings (SSSR count). The first-order valence-electron chi connectivity index (χ1n) is 7.33. The van der Waals surface area contributed by atoms with Gasteiger partial charge in [-0.1, -0.05) is 23.8 Å². The summed E-state index contributed by atoms with van der Waals surface area (Å²) in [6.07, 6.45) is 1.49. The van der Waals surface area contributed by atoms with E-state index >= 15 is 0 Å². The van der Waals surface area contributed by atoms with E-state index in [0.29, 0.717) is 22.3 Å². The Morgan fingerprint density at radius 1 is 1.12 bits per heavy atom. The first kappa shape index (κ1) is 15.6. The predicted molar refractivity (Wildman–Crippen MR) is 91.4 cm³/mol. The molecule has 5 nitrogen and oxygen atoms in total. The van der Waals surface area contributed by atoms with Crippen LogP contribution in [0.2, 0.25) is 0 Å². The summed E-state index contributed by atoms with van der Waals surface area (Å²) < 4.78 is 0. The molecule has 0 saturated carbocycles. The number of carbonyl (C=O) groups is 1. The topological polar surface area (TPSA) is 79.6 Å². The van der Waals surface area contributed by atoms with E-state index in [0.717, 1.165) is 16.7 Å². The van der Waals surface area contributed by atoms with Gasteiger partial charge in [0.2, 0.25) is 6.08 Å². The molecule has 0 aliphatic carbocycles. The van der Waals surface area contributed by atoms with Gasteiger partial charge in [-0.15, -0.1) is 0 Å². The van der Waals surface area contributed by atoms with Crippen molar-refractivity contribution in [3.8, 4) is 11.3 Å². The van der Waals surface area contributed by atoms with Crippen LogP contribution < -0.4 is 0 Å². The highest BCUT2D eigenvalue weighted by molar-refractivity contribution is 6.04. The summed E-state index contributed by atoms with van der Waals surface area (Å²) >= 11 is 0. The van der Waals surface area contributed by atoms with Crippen molar-refractivity contribution in [1.29, 1.82) is 0 Å².